The molecule has 0 bridgehead atoms. The Morgan fingerprint density at radius 1 is 1.30 bits per heavy atom. The molecule has 6 nitrogen and oxygen atoms in total. The number of amides is 1. The molecule has 0 aromatic heterocycles. The van der Waals surface area contributed by atoms with Crippen molar-refractivity contribution in [2.45, 2.75) is 13.3 Å². The molecule has 0 heterocycles. The standard InChI is InChI=1S/C16H15ClN2O4/c1-2-8-23-13-5-3-4-11(9-13)16(20)18-12-6-7-14(17)15(10-12)19(21)22/h3-7,9-10H,2,8H2,1H3,(H,18,20). The van der Waals surface area contributed by atoms with Crippen LogP contribution in [0.15, 0.2) is 42.5 Å². The summed E-state index contributed by atoms with van der Waals surface area (Å²) in [7, 11) is 0. The van der Waals surface area contributed by atoms with Gasteiger partial charge in [0.15, 0.2) is 0 Å². The van der Waals surface area contributed by atoms with E-state index in [1.807, 2.05) is 6.92 Å². The summed E-state index contributed by atoms with van der Waals surface area (Å²) in [5, 5.41) is 13.5. The molecule has 0 saturated carbocycles. The molecule has 0 aliphatic carbocycles. The molecule has 0 aliphatic heterocycles. The number of ether oxygens (including phenoxy) is 1. The summed E-state index contributed by atoms with van der Waals surface area (Å²) < 4.78 is 5.48. The van der Waals surface area contributed by atoms with Gasteiger partial charge in [-0.15, -0.1) is 0 Å². The third-order valence-corrected chi connectivity index (χ3v) is 3.29. The van der Waals surface area contributed by atoms with Crippen LogP contribution in [0.25, 0.3) is 0 Å². The Kier molecular flexibility index (Phi) is 5.54. The number of carbonyl (C=O) groups is 1. The van der Waals surface area contributed by atoms with E-state index in [0.29, 0.717) is 23.6 Å². The van der Waals surface area contributed by atoms with Crippen LogP contribution in [0.1, 0.15) is 23.7 Å². The highest BCUT2D eigenvalue weighted by Gasteiger charge is 2.14. The molecule has 0 unspecified atom stereocenters. The Bertz CT molecular complexity index is 734. The average molecular weight is 335 g/mol. The molecule has 2 aromatic rings. The van der Waals surface area contributed by atoms with Crippen LogP contribution in [0.4, 0.5) is 11.4 Å². The number of anilines is 1. The molecular formula is C16H15ClN2O4. The number of benzene rings is 2. The van der Waals surface area contributed by atoms with Crippen LogP contribution < -0.4 is 10.1 Å². The van der Waals surface area contributed by atoms with E-state index in [4.69, 9.17) is 16.3 Å². The van der Waals surface area contributed by atoms with Gasteiger partial charge >= 0.3 is 0 Å². The number of nitro groups is 1. The zero-order valence-corrected chi connectivity index (χ0v) is 13.2. The first-order valence-electron chi connectivity index (χ1n) is 6.99. The normalized spacial score (nSPS) is 10.2. The average Bonchev–Trinajstić information content (AvgIpc) is 2.54. The molecule has 0 atom stereocenters. The molecule has 1 N–H and O–H groups in total. The van der Waals surface area contributed by atoms with Crippen molar-refractivity contribution in [3.8, 4) is 5.75 Å². The minimum Gasteiger partial charge on any atom is -0.494 e. The lowest BCUT2D eigenvalue weighted by Gasteiger charge is -2.08. The van der Waals surface area contributed by atoms with Gasteiger partial charge in [-0.2, -0.15) is 0 Å². The quantitative estimate of drug-likeness (QED) is 0.631. The van der Waals surface area contributed by atoms with Gasteiger partial charge in [0, 0.05) is 17.3 Å². The smallest absolute Gasteiger partial charge is 0.289 e. The van der Waals surface area contributed by atoms with Crippen LogP contribution >= 0.6 is 11.6 Å². The minimum absolute atomic E-state index is 0.0166. The van der Waals surface area contributed by atoms with Crippen molar-refractivity contribution in [3.63, 3.8) is 0 Å². The third kappa shape index (κ3) is 4.43. The maximum atomic E-state index is 12.2. The van der Waals surface area contributed by atoms with Crippen molar-refractivity contribution in [1.29, 1.82) is 0 Å². The Morgan fingerprint density at radius 3 is 2.78 bits per heavy atom. The lowest BCUT2D eigenvalue weighted by molar-refractivity contribution is -0.384. The van der Waals surface area contributed by atoms with Crippen molar-refractivity contribution >= 4 is 28.9 Å². The number of hydrogen-bond acceptors (Lipinski definition) is 4. The topological polar surface area (TPSA) is 81.5 Å². The van der Waals surface area contributed by atoms with Gasteiger partial charge in [0.1, 0.15) is 10.8 Å². The largest absolute Gasteiger partial charge is 0.494 e. The number of nitrogens with one attached hydrogen (secondary N) is 1. The molecule has 0 saturated heterocycles. The highest BCUT2D eigenvalue weighted by molar-refractivity contribution is 6.32. The molecular weight excluding hydrogens is 320 g/mol. The summed E-state index contributed by atoms with van der Waals surface area (Å²) in [6.07, 6.45) is 0.866. The molecule has 1 amide bonds. The maximum absolute atomic E-state index is 12.2. The molecule has 120 valence electrons. The number of carbonyl (C=O) groups excluding carboxylic acids is 1. The molecule has 2 rings (SSSR count). The van der Waals surface area contributed by atoms with Gasteiger partial charge in [-0.3, -0.25) is 14.9 Å². The van der Waals surface area contributed by atoms with E-state index in [1.54, 1.807) is 24.3 Å². The first-order chi connectivity index (χ1) is 11.0. The second-order valence-electron chi connectivity index (χ2n) is 4.75. The molecule has 0 spiro atoms. The van der Waals surface area contributed by atoms with Crippen LogP contribution in [-0.2, 0) is 0 Å². The molecule has 7 heteroatoms. The summed E-state index contributed by atoms with van der Waals surface area (Å²) in [4.78, 5) is 22.5. The zero-order chi connectivity index (χ0) is 16.8. The van der Waals surface area contributed by atoms with Gasteiger partial charge in [0.2, 0.25) is 0 Å². The van der Waals surface area contributed by atoms with Crippen LogP contribution in [0.3, 0.4) is 0 Å². The van der Waals surface area contributed by atoms with Crippen LogP contribution in [0, 0.1) is 10.1 Å². The van der Waals surface area contributed by atoms with Gasteiger partial charge in [-0.1, -0.05) is 24.6 Å². The van der Waals surface area contributed by atoms with E-state index in [9.17, 15) is 14.9 Å². The van der Waals surface area contributed by atoms with Crippen molar-refractivity contribution < 1.29 is 14.5 Å². The Labute approximate surface area is 138 Å². The van der Waals surface area contributed by atoms with Gasteiger partial charge < -0.3 is 10.1 Å². The van der Waals surface area contributed by atoms with E-state index in [2.05, 4.69) is 5.32 Å². The molecule has 0 radical (unpaired) electrons. The summed E-state index contributed by atoms with van der Waals surface area (Å²) in [5.74, 6) is 0.213. The Morgan fingerprint density at radius 2 is 2.09 bits per heavy atom. The first kappa shape index (κ1) is 16.8. The SMILES string of the molecule is CCCOc1cccc(C(=O)Nc2ccc(Cl)c([N+](=O)[O-])c2)c1. The minimum atomic E-state index is -0.600. The fourth-order valence-corrected chi connectivity index (χ4v) is 2.07. The summed E-state index contributed by atoms with van der Waals surface area (Å²) in [6, 6.07) is 10.8. The fourth-order valence-electron chi connectivity index (χ4n) is 1.88. The predicted octanol–water partition coefficient (Wildman–Crippen LogP) is 4.29. The fraction of sp³-hybridized carbons (Fsp3) is 0.188. The number of halogens is 1. The molecule has 23 heavy (non-hydrogen) atoms. The van der Waals surface area contributed by atoms with E-state index in [-0.39, 0.29) is 16.6 Å². The number of nitro benzene ring substituents is 1. The van der Waals surface area contributed by atoms with Gasteiger partial charge in [0.25, 0.3) is 11.6 Å². The summed E-state index contributed by atoms with van der Waals surface area (Å²) >= 11 is 5.74. The lowest BCUT2D eigenvalue weighted by Crippen LogP contribution is -2.12. The number of nitrogens with zero attached hydrogens (tertiary/aromatic N) is 1. The van der Waals surface area contributed by atoms with E-state index < -0.39 is 4.92 Å². The predicted molar refractivity (Wildman–Crippen MR) is 88.3 cm³/mol. The van der Waals surface area contributed by atoms with E-state index in [0.717, 1.165) is 6.42 Å². The van der Waals surface area contributed by atoms with Crippen molar-refractivity contribution in [3.05, 3.63) is 63.2 Å². The zero-order valence-electron chi connectivity index (χ0n) is 12.4. The van der Waals surface area contributed by atoms with Crippen molar-refractivity contribution in [1.82, 2.24) is 0 Å². The maximum Gasteiger partial charge on any atom is 0.289 e. The van der Waals surface area contributed by atoms with Crippen LogP contribution in [-0.4, -0.2) is 17.4 Å². The van der Waals surface area contributed by atoms with Crippen LogP contribution in [0.5, 0.6) is 5.75 Å². The summed E-state index contributed by atoms with van der Waals surface area (Å²) in [6.45, 7) is 2.55. The molecule has 2 aromatic carbocycles. The van der Waals surface area contributed by atoms with Gasteiger partial charge in [0.05, 0.1) is 11.5 Å². The van der Waals surface area contributed by atoms with E-state index in [1.165, 1.54) is 18.2 Å². The molecule has 0 fully saturated rings. The summed E-state index contributed by atoms with van der Waals surface area (Å²) in [5.41, 5.74) is 0.437. The Hall–Kier alpha value is -2.60. The monoisotopic (exact) mass is 334 g/mol. The number of hydrogen-bond donors (Lipinski definition) is 1. The van der Waals surface area contributed by atoms with Gasteiger partial charge in [-0.25, -0.2) is 0 Å². The lowest BCUT2D eigenvalue weighted by atomic mass is 10.2. The highest BCUT2D eigenvalue weighted by Crippen LogP contribution is 2.27. The van der Waals surface area contributed by atoms with Crippen molar-refractivity contribution in [2.75, 3.05) is 11.9 Å². The highest BCUT2D eigenvalue weighted by atomic mass is 35.5. The Balaban J connectivity index is 2.16. The first-order valence-corrected chi connectivity index (χ1v) is 7.37. The van der Waals surface area contributed by atoms with Gasteiger partial charge in [-0.05, 0) is 36.8 Å². The second kappa shape index (κ2) is 7.60. The van der Waals surface area contributed by atoms with Crippen LogP contribution in [0.2, 0.25) is 5.02 Å². The number of rotatable bonds is 6. The van der Waals surface area contributed by atoms with E-state index >= 15 is 0 Å². The molecule has 0 aliphatic rings. The van der Waals surface area contributed by atoms with Crippen molar-refractivity contribution in [2.24, 2.45) is 0 Å². The second-order valence-corrected chi connectivity index (χ2v) is 5.16. The third-order valence-electron chi connectivity index (χ3n) is 2.97.